The molecule has 0 aromatic heterocycles. The molecule has 1 fully saturated rings. The number of benzene rings is 1. The van der Waals surface area contributed by atoms with Gasteiger partial charge in [0.2, 0.25) is 0 Å². The summed E-state index contributed by atoms with van der Waals surface area (Å²) in [4.78, 5) is 0. The smallest absolute Gasteiger partial charge is 0.167 e. The summed E-state index contributed by atoms with van der Waals surface area (Å²) in [5.74, 6) is 1.53. The predicted octanol–water partition coefficient (Wildman–Crippen LogP) is 4.07. The molecule has 100 valence electrons. The van der Waals surface area contributed by atoms with Crippen LogP contribution in [0.2, 0.25) is 0 Å². The first-order valence-electron chi connectivity index (χ1n) is 6.70. The Morgan fingerprint density at radius 1 is 1.22 bits per heavy atom. The van der Waals surface area contributed by atoms with Crippen molar-refractivity contribution >= 4 is 5.69 Å². The van der Waals surface area contributed by atoms with Gasteiger partial charge in [0.05, 0.1) is 7.11 Å². The lowest BCUT2D eigenvalue weighted by atomic mass is 9.79. The van der Waals surface area contributed by atoms with E-state index in [9.17, 15) is 4.39 Å². The maximum Gasteiger partial charge on any atom is 0.167 e. The van der Waals surface area contributed by atoms with Gasteiger partial charge in [-0.3, -0.25) is 0 Å². The number of hydrogen-bond acceptors (Lipinski definition) is 2. The minimum Gasteiger partial charge on any atom is -0.494 e. The topological polar surface area (TPSA) is 21.3 Å². The number of nitrogens with one attached hydrogen (secondary N) is 1. The van der Waals surface area contributed by atoms with E-state index in [1.54, 1.807) is 6.07 Å². The predicted molar refractivity (Wildman–Crippen MR) is 72.5 cm³/mol. The Bertz CT molecular complexity index is 407. The van der Waals surface area contributed by atoms with Crippen LogP contribution >= 0.6 is 0 Å². The van der Waals surface area contributed by atoms with Gasteiger partial charge in [0, 0.05) is 17.8 Å². The van der Waals surface area contributed by atoms with Gasteiger partial charge in [0.1, 0.15) is 0 Å². The van der Waals surface area contributed by atoms with Crippen LogP contribution in [0.1, 0.15) is 33.1 Å². The van der Waals surface area contributed by atoms with E-state index < -0.39 is 0 Å². The van der Waals surface area contributed by atoms with Crippen LogP contribution < -0.4 is 10.1 Å². The van der Waals surface area contributed by atoms with Crippen LogP contribution in [0.3, 0.4) is 0 Å². The molecular weight excluding hydrogens is 229 g/mol. The normalized spacial score (nSPS) is 27.9. The third-order valence-corrected chi connectivity index (χ3v) is 4.12. The Morgan fingerprint density at radius 3 is 2.61 bits per heavy atom. The van der Waals surface area contributed by atoms with E-state index in [4.69, 9.17) is 4.74 Å². The Morgan fingerprint density at radius 2 is 2.00 bits per heavy atom. The van der Waals surface area contributed by atoms with E-state index in [1.807, 2.05) is 6.07 Å². The maximum atomic E-state index is 13.6. The molecule has 3 unspecified atom stereocenters. The molecule has 0 bridgehead atoms. The fraction of sp³-hybridized carbons (Fsp3) is 0.600. The number of hydrogen-bond donors (Lipinski definition) is 1. The molecule has 0 amide bonds. The second-order valence-corrected chi connectivity index (χ2v) is 5.46. The van der Waals surface area contributed by atoms with Gasteiger partial charge in [-0.25, -0.2) is 4.39 Å². The Kier molecular flexibility index (Phi) is 4.10. The molecule has 2 nitrogen and oxygen atoms in total. The molecule has 1 aliphatic rings. The molecule has 18 heavy (non-hydrogen) atoms. The SMILES string of the molecule is COc1ccc(NC2CCC(C)C(C)C2)cc1F. The molecule has 1 aromatic rings. The summed E-state index contributed by atoms with van der Waals surface area (Å²) in [6.45, 7) is 4.61. The first kappa shape index (κ1) is 13.2. The van der Waals surface area contributed by atoms with Crippen LogP contribution in [0, 0.1) is 17.7 Å². The van der Waals surface area contributed by atoms with Crippen molar-refractivity contribution in [3.63, 3.8) is 0 Å². The highest BCUT2D eigenvalue weighted by Crippen LogP contribution is 2.31. The number of rotatable bonds is 3. The zero-order valence-corrected chi connectivity index (χ0v) is 11.4. The Hall–Kier alpha value is -1.25. The molecule has 3 heteroatoms. The largest absolute Gasteiger partial charge is 0.494 e. The van der Waals surface area contributed by atoms with Gasteiger partial charge in [-0.2, -0.15) is 0 Å². The molecule has 0 radical (unpaired) electrons. The minimum absolute atomic E-state index is 0.297. The van der Waals surface area contributed by atoms with Crippen molar-refractivity contribution in [3.05, 3.63) is 24.0 Å². The first-order chi connectivity index (χ1) is 8.60. The molecule has 0 aliphatic heterocycles. The lowest BCUT2D eigenvalue weighted by Gasteiger charge is -2.33. The van der Waals surface area contributed by atoms with Gasteiger partial charge in [-0.15, -0.1) is 0 Å². The minimum atomic E-state index is -0.306. The van der Waals surface area contributed by atoms with Crippen LogP contribution in [0.4, 0.5) is 10.1 Å². The van der Waals surface area contributed by atoms with E-state index in [1.165, 1.54) is 26.0 Å². The molecule has 1 aromatic carbocycles. The molecule has 0 saturated heterocycles. The molecule has 0 heterocycles. The van der Waals surface area contributed by atoms with Crippen molar-refractivity contribution in [1.29, 1.82) is 0 Å². The number of ether oxygens (including phenoxy) is 1. The van der Waals surface area contributed by atoms with Gasteiger partial charge in [0.15, 0.2) is 11.6 Å². The summed E-state index contributed by atoms with van der Waals surface area (Å²) in [5, 5.41) is 3.43. The summed E-state index contributed by atoms with van der Waals surface area (Å²) in [6, 6.07) is 5.53. The van der Waals surface area contributed by atoms with Gasteiger partial charge < -0.3 is 10.1 Å². The summed E-state index contributed by atoms with van der Waals surface area (Å²) in [7, 11) is 1.48. The van der Waals surface area contributed by atoms with Crippen molar-refractivity contribution < 1.29 is 9.13 Å². The fourth-order valence-corrected chi connectivity index (χ4v) is 2.67. The molecular formula is C15H22FNO. The third kappa shape index (κ3) is 2.95. The van der Waals surface area contributed by atoms with Crippen molar-refractivity contribution in [2.75, 3.05) is 12.4 Å². The zero-order valence-electron chi connectivity index (χ0n) is 11.4. The van der Waals surface area contributed by atoms with Crippen LogP contribution in [0.25, 0.3) is 0 Å². The van der Waals surface area contributed by atoms with Gasteiger partial charge in [0.25, 0.3) is 0 Å². The molecule has 1 N–H and O–H groups in total. The highest BCUT2D eigenvalue weighted by molar-refractivity contribution is 5.48. The van der Waals surface area contributed by atoms with Crippen molar-refractivity contribution in [3.8, 4) is 5.75 Å². The maximum absolute atomic E-state index is 13.6. The average Bonchev–Trinajstić information content (AvgIpc) is 2.34. The van der Waals surface area contributed by atoms with Crippen LogP contribution in [0.5, 0.6) is 5.75 Å². The molecule has 2 rings (SSSR count). The van der Waals surface area contributed by atoms with Crippen LogP contribution in [0.15, 0.2) is 18.2 Å². The number of halogens is 1. The van der Waals surface area contributed by atoms with E-state index >= 15 is 0 Å². The first-order valence-corrected chi connectivity index (χ1v) is 6.70. The molecule has 0 spiro atoms. The van der Waals surface area contributed by atoms with E-state index in [0.29, 0.717) is 11.8 Å². The van der Waals surface area contributed by atoms with E-state index in [-0.39, 0.29) is 5.82 Å². The number of anilines is 1. The van der Waals surface area contributed by atoms with Crippen molar-refractivity contribution in [2.24, 2.45) is 11.8 Å². The number of methoxy groups -OCH3 is 1. The monoisotopic (exact) mass is 251 g/mol. The van der Waals surface area contributed by atoms with Gasteiger partial charge in [-0.05, 0) is 43.2 Å². The second-order valence-electron chi connectivity index (χ2n) is 5.46. The van der Waals surface area contributed by atoms with Crippen LogP contribution in [-0.4, -0.2) is 13.2 Å². The zero-order chi connectivity index (χ0) is 13.1. The van der Waals surface area contributed by atoms with Gasteiger partial charge >= 0.3 is 0 Å². The molecule has 1 saturated carbocycles. The lowest BCUT2D eigenvalue weighted by molar-refractivity contribution is 0.261. The highest BCUT2D eigenvalue weighted by atomic mass is 19.1. The fourth-order valence-electron chi connectivity index (χ4n) is 2.67. The second kappa shape index (κ2) is 5.59. The summed E-state index contributed by atoms with van der Waals surface area (Å²) in [5.41, 5.74) is 0.847. The lowest BCUT2D eigenvalue weighted by Crippen LogP contribution is -2.30. The standard InChI is InChI=1S/C15H22FNO/c1-10-4-5-12(8-11(10)2)17-13-6-7-15(18-3)14(16)9-13/h6-7,9-12,17H,4-5,8H2,1-3H3. The summed E-state index contributed by atoms with van der Waals surface area (Å²) < 4.78 is 18.5. The average molecular weight is 251 g/mol. The Balaban J connectivity index is 1.99. The molecule has 3 atom stereocenters. The van der Waals surface area contributed by atoms with Crippen LogP contribution in [-0.2, 0) is 0 Å². The Labute approximate surface area is 109 Å². The third-order valence-electron chi connectivity index (χ3n) is 4.12. The van der Waals surface area contributed by atoms with E-state index in [2.05, 4.69) is 19.2 Å². The van der Waals surface area contributed by atoms with Crippen molar-refractivity contribution in [1.82, 2.24) is 0 Å². The van der Waals surface area contributed by atoms with Gasteiger partial charge in [-0.1, -0.05) is 13.8 Å². The quantitative estimate of drug-likeness (QED) is 0.874. The van der Waals surface area contributed by atoms with Crippen molar-refractivity contribution in [2.45, 2.75) is 39.2 Å². The highest BCUT2D eigenvalue weighted by Gasteiger charge is 2.24. The van der Waals surface area contributed by atoms with E-state index in [0.717, 1.165) is 23.9 Å². The molecule has 1 aliphatic carbocycles. The summed E-state index contributed by atoms with van der Waals surface area (Å²) >= 11 is 0. The summed E-state index contributed by atoms with van der Waals surface area (Å²) in [6.07, 6.45) is 3.57.